The van der Waals surface area contributed by atoms with Crippen molar-refractivity contribution in [2.45, 2.75) is 6.92 Å². The van der Waals surface area contributed by atoms with E-state index in [0.717, 1.165) is 19.8 Å². The summed E-state index contributed by atoms with van der Waals surface area (Å²) in [6.07, 6.45) is 1.73. The zero-order valence-corrected chi connectivity index (χ0v) is 11.8. The molecule has 0 aliphatic carbocycles. The van der Waals surface area contributed by atoms with Gasteiger partial charge in [0.15, 0.2) is 0 Å². The van der Waals surface area contributed by atoms with Gasteiger partial charge in [-0.2, -0.15) is 0 Å². The molecule has 84 valence electrons. The number of carbonyl (C=O) groups excluding carboxylic acids is 1. The smallest absolute Gasteiger partial charge is 0.253 e. The highest BCUT2D eigenvalue weighted by atomic mass is 79.9. The van der Waals surface area contributed by atoms with Crippen molar-refractivity contribution in [1.29, 1.82) is 0 Å². The molecule has 2 rings (SSSR count). The minimum absolute atomic E-state index is 0.0528. The Balaban J connectivity index is 2.56. The van der Waals surface area contributed by atoms with E-state index in [2.05, 4.69) is 42.2 Å². The third-order valence-electron chi connectivity index (χ3n) is 2.30. The first-order chi connectivity index (χ1) is 7.63. The molecule has 0 aliphatic heterocycles. The summed E-state index contributed by atoms with van der Waals surface area (Å²) in [6, 6.07) is 3.88. The second kappa shape index (κ2) is 4.59. The van der Waals surface area contributed by atoms with Gasteiger partial charge in [0.2, 0.25) is 0 Å². The summed E-state index contributed by atoms with van der Waals surface area (Å²) in [6.45, 7) is 2.53. The van der Waals surface area contributed by atoms with E-state index in [1.54, 1.807) is 6.20 Å². The van der Waals surface area contributed by atoms with Crippen LogP contribution in [0.25, 0.3) is 10.9 Å². The number of hydrogen-bond donors (Lipinski definition) is 2. The van der Waals surface area contributed by atoms with Gasteiger partial charge in [-0.05, 0) is 50.9 Å². The summed E-state index contributed by atoms with van der Waals surface area (Å²) >= 11 is 6.86. The molecule has 0 atom stereocenters. The normalized spacial score (nSPS) is 10.7. The first-order valence-electron chi connectivity index (χ1n) is 4.87. The van der Waals surface area contributed by atoms with Gasteiger partial charge in [0, 0.05) is 32.6 Å². The van der Waals surface area contributed by atoms with Crippen molar-refractivity contribution in [3.05, 3.63) is 32.8 Å². The number of halogens is 2. The lowest BCUT2D eigenvalue weighted by Gasteiger charge is -2.01. The molecular formula is C11H10Br2N2O. The average Bonchev–Trinajstić information content (AvgIpc) is 2.62. The third kappa shape index (κ3) is 2.01. The molecule has 0 saturated heterocycles. The highest BCUT2D eigenvalue weighted by Crippen LogP contribution is 2.29. The molecule has 5 heteroatoms. The molecule has 0 spiro atoms. The Bertz CT molecular complexity index is 548. The lowest BCUT2D eigenvalue weighted by Crippen LogP contribution is -2.22. The van der Waals surface area contributed by atoms with Crippen LogP contribution in [-0.2, 0) is 0 Å². The second-order valence-corrected chi connectivity index (χ2v) is 5.08. The first-order valence-corrected chi connectivity index (χ1v) is 6.46. The molecule has 2 N–H and O–H groups in total. The van der Waals surface area contributed by atoms with E-state index in [4.69, 9.17) is 0 Å². The van der Waals surface area contributed by atoms with E-state index in [-0.39, 0.29) is 5.91 Å². The summed E-state index contributed by atoms with van der Waals surface area (Å²) in [5.74, 6) is -0.0528. The number of H-pyrrole nitrogens is 1. The summed E-state index contributed by atoms with van der Waals surface area (Å²) in [5.41, 5.74) is 1.61. The van der Waals surface area contributed by atoms with E-state index in [0.29, 0.717) is 12.1 Å². The number of aromatic nitrogens is 1. The lowest BCUT2D eigenvalue weighted by molar-refractivity contribution is 0.0957. The van der Waals surface area contributed by atoms with E-state index in [1.807, 2.05) is 19.1 Å². The number of fused-ring (bicyclic) bond motifs is 1. The van der Waals surface area contributed by atoms with Crippen LogP contribution in [0.3, 0.4) is 0 Å². The fourth-order valence-corrected chi connectivity index (χ4v) is 2.25. The summed E-state index contributed by atoms with van der Waals surface area (Å²) in [7, 11) is 0. The monoisotopic (exact) mass is 344 g/mol. The highest BCUT2D eigenvalue weighted by molar-refractivity contribution is 9.13. The molecule has 3 nitrogen and oxygen atoms in total. The van der Waals surface area contributed by atoms with Crippen LogP contribution in [-0.4, -0.2) is 17.4 Å². The topological polar surface area (TPSA) is 44.9 Å². The third-order valence-corrected chi connectivity index (χ3v) is 4.15. The maximum Gasteiger partial charge on any atom is 0.253 e. The van der Waals surface area contributed by atoms with Crippen LogP contribution in [0.1, 0.15) is 17.3 Å². The number of amides is 1. The molecule has 0 saturated carbocycles. The average molecular weight is 346 g/mol. The fraction of sp³-hybridized carbons (Fsp3) is 0.182. The molecule has 1 aromatic heterocycles. The Kier molecular flexibility index (Phi) is 3.35. The van der Waals surface area contributed by atoms with Crippen molar-refractivity contribution in [1.82, 2.24) is 10.3 Å². The largest absolute Gasteiger partial charge is 0.360 e. The van der Waals surface area contributed by atoms with Gasteiger partial charge in [0.1, 0.15) is 0 Å². The van der Waals surface area contributed by atoms with E-state index in [1.165, 1.54) is 0 Å². The van der Waals surface area contributed by atoms with E-state index in [9.17, 15) is 4.79 Å². The maximum absolute atomic E-state index is 11.8. The van der Waals surface area contributed by atoms with Crippen molar-refractivity contribution in [3.8, 4) is 0 Å². The Morgan fingerprint density at radius 2 is 2.06 bits per heavy atom. The molecule has 0 bridgehead atoms. The molecule has 0 aliphatic rings. The molecule has 0 fully saturated rings. The SMILES string of the molecule is CCNC(=O)c1c[nH]c2cc(Br)c(Br)cc12. The zero-order valence-electron chi connectivity index (χ0n) is 8.60. The Morgan fingerprint density at radius 1 is 1.38 bits per heavy atom. The van der Waals surface area contributed by atoms with Gasteiger partial charge in [-0.1, -0.05) is 0 Å². The molecule has 1 aromatic carbocycles. The number of hydrogen-bond acceptors (Lipinski definition) is 1. The predicted molar refractivity (Wildman–Crippen MR) is 71.7 cm³/mol. The summed E-state index contributed by atoms with van der Waals surface area (Å²) in [5, 5.41) is 3.71. The van der Waals surface area contributed by atoms with Crippen LogP contribution < -0.4 is 5.32 Å². The number of aromatic amines is 1. The molecule has 2 aromatic rings. The molecule has 0 radical (unpaired) electrons. The van der Waals surface area contributed by atoms with Crippen LogP contribution in [0.15, 0.2) is 27.3 Å². The zero-order chi connectivity index (χ0) is 11.7. The summed E-state index contributed by atoms with van der Waals surface area (Å²) in [4.78, 5) is 14.8. The van der Waals surface area contributed by atoms with Crippen LogP contribution in [0.5, 0.6) is 0 Å². The molecular weight excluding hydrogens is 336 g/mol. The van der Waals surface area contributed by atoms with Gasteiger partial charge >= 0.3 is 0 Å². The van der Waals surface area contributed by atoms with E-state index >= 15 is 0 Å². The van der Waals surface area contributed by atoms with Crippen molar-refractivity contribution in [2.24, 2.45) is 0 Å². The standard InChI is InChI=1S/C11H10Br2N2O/c1-2-14-11(16)7-5-15-10-4-9(13)8(12)3-6(7)10/h3-5,15H,2H2,1H3,(H,14,16). The predicted octanol–water partition coefficient (Wildman–Crippen LogP) is 3.44. The molecule has 1 heterocycles. The van der Waals surface area contributed by atoms with Gasteiger partial charge in [-0.25, -0.2) is 0 Å². The van der Waals surface area contributed by atoms with E-state index < -0.39 is 0 Å². The molecule has 16 heavy (non-hydrogen) atoms. The number of carbonyl (C=O) groups is 1. The molecule has 0 unspecified atom stereocenters. The Hall–Kier alpha value is -0.810. The van der Waals surface area contributed by atoms with Crippen LogP contribution in [0, 0.1) is 0 Å². The van der Waals surface area contributed by atoms with Gasteiger partial charge < -0.3 is 10.3 Å². The minimum Gasteiger partial charge on any atom is -0.360 e. The Morgan fingerprint density at radius 3 is 2.75 bits per heavy atom. The number of rotatable bonds is 2. The van der Waals surface area contributed by atoms with Gasteiger partial charge in [0.25, 0.3) is 5.91 Å². The van der Waals surface area contributed by atoms with Crippen molar-refractivity contribution < 1.29 is 4.79 Å². The maximum atomic E-state index is 11.8. The van der Waals surface area contributed by atoms with Gasteiger partial charge in [-0.3, -0.25) is 4.79 Å². The summed E-state index contributed by atoms with van der Waals surface area (Å²) < 4.78 is 1.90. The highest BCUT2D eigenvalue weighted by Gasteiger charge is 2.12. The van der Waals surface area contributed by atoms with Crippen molar-refractivity contribution in [3.63, 3.8) is 0 Å². The number of nitrogens with one attached hydrogen (secondary N) is 2. The quantitative estimate of drug-likeness (QED) is 0.860. The van der Waals surface area contributed by atoms with Crippen molar-refractivity contribution in [2.75, 3.05) is 6.54 Å². The second-order valence-electron chi connectivity index (χ2n) is 3.37. The number of benzene rings is 1. The van der Waals surface area contributed by atoms with Crippen LogP contribution >= 0.6 is 31.9 Å². The lowest BCUT2D eigenvalue weighted by atomic mass is 10.1. The molecule has 1 amide bonds. The first kappa shape index (κ1) is 11.7. The van der Waals surface area contributed by atoms with Crippen molar-refractivity contribution >= 4 is 48.7 Å². The van der Waals surface area contributed by atoms with Crippen LogP contribution in [0.4, 0.5) is 0 Å². The minimum atomic E-state index is -0.0528. The fourth-order valence-electron chi connectivity index (χ4n) is 1.56. The van der Waals surface area contributed by atoms with Gasteiger partial charge in [-0.15, -0.1) is 0 Å². The van der Waals surface area contributed by atoms with Crippen LogP contribution in [0.2, 0.25) is 0 Å². The Labute approximate surface area is 110 Å². The van der Waals surface area contributed by atoms with Gasteiger partial charge in [0.05, 0.1) is 5.56 Å².